The van der Waals surface area contributed by atoms with Gasteiger partial charge in [0.1, 0.15) is 5.75 Å². The molecule has 2 aromatic rings. The largest absolute Gasteiger partial charge is 0.426 e. The SMILES string of the molecule is CCCCCCCC[C@]1(C#N)CC[C@H](C(=O)Oc2ccc(-c3ccc(CCCC)cn3)cc2)CC1. The number of carbonyl (C=O) groups is 1. The summed E-state index contributed by atoms with van der Waals surface area (Å²) in [6.45, 7) is 4.43. The highest BCUT2D eigenvalue weighted by molar-refractivity contribution is 5.75. The monoisotopic (exact) mass is 474 g/mol. The Hall–Kier alpha value is -2.67. The highest BCUT2D eigenvalue weighted by atomic mass is 16.5. The molecule has 0 aliphatic heterocycles. The number of nitriles is 1. The van der Waals surface area contributed by atoms with Gasteiger partial charge in [0, 0.05) is 11.8 Å². The summed E-state index contributed by atoms with van der Waals surface area (Å²) in [5.74, 6) is 0.294. The van der Waals surface area contributed by atoms with E-state index < -0.39 is 0 Å². The molecule has 1 aromatic carbocycles. The lowest BCUT2D eigenvalue weighted by atomic mass is 9.69. The van der Waals surface area contributed by atoms with Crippen LogP contribution in [0.1, 0.15) is 103 Å². The molecular weight excluding hydrogens is 432 g/mol. The lowest BCUT2D eigenvalue weighted by molar-refractivity contribution is -0.140. The molecule has 1 aliphatic carbocycles. The summed E-state index contributed by atoms with van der Waals surface area (Å²) >= 11 is 0. The lowest BCUT2D eigenvalue weighted by Crippen LogP contribution is -2.31. The summed E-state index contributed by atoms with van der Waals surface area (Å²) in [5, 5.41) is 9.84. The van der Waals surface area contributed by atoms with Crippen molar-refractivity contribution < 1.29 is 9.53 Å². The first-order chi connectivity index (χ1) is 17.1. The molecule has 4 heteroatoms. The van der Waals surface area contributed by atoms with Crippen LogP contribution in [-0.4, -0.2) is 11.0 Å². The Kier molecular flexibility index (Phi) is 10.8. The molecule has 1 fully saturated rings. The zero-order valence-corrected chi connectivity index (χ0v) is 21.7. The highest BCUT2D eigenvalue weighted by Crippen LogP contribution is 2.43. The predicted molar refractivity (Wildman–Crippen MR) is 142 cm³/mol. The van der Waals surface area contributed by atoms with Crippen LogP contribution in [0.3, 0.4) is 0 Å². The normalized spacial score (nSPS) is 19.7. The van der Waals surface area contributed by atoms with Crippen LogP contribution in [0.4, 0.5) is 0 Å². The third-order valence-electron chi connectivity index (χ3n) is 7.53. The van der Waals surface area contributed by atoms with Crippen molar-refractivity contribution in [2.75, 3.05) is 0 Å². The van der Waals surface area contributed by atoms with Gasteiger partial charge in [-0.25, -0.2) is 0 Å². The van der Waals surface area contributed by atoms with E-state index in [2.05, 4.69) is 37.0 Å². The molecule has 0 saturated heterocycles. The van der Waals surface area contributed by atoms with E-state index in [0.29, 0.717) is 5.75 Å². The van der Waals surface area contributed by atoms with Gasteiger partial charge in [-0.05, 0) is 80.8 Å². The maximum absolute atomic E-state index is 12.8. The molecule has 1 heterocycles. The molecule has 4 nitrogen and oxygen atoms in total. The molecule has 0 atom stereocenters. The number of benzene rings is 1. The van der Waals surface area contributed by atoms with Gasteiger partial charge in [-0.1, -0.05) is 64.9 Å². The van der Waals surface area contributed by atoms with E-state index in [-0.39, 0.29) is 17.3 Å². The number of esters is 1. The Morgan fingerprint density at radius 1 is 0.971 bits per heavy atom. The Morgan fingerprint density at radius 2 is 1.66 bits per heavy atom. The second-order valence-electron chi connectivity index (χ2n) is 10.3. The van der Waals surface area contributed by atoms with E-state index in [1.54, 1.807) is 0 Å². The first-order valence-corrected chi connectivity index (χ1v) is 13.8. The smallest absolute Gasteiger partial charge is 0.314 e. The van der Waals surface area contributed by atoms with Gasteiger partial charge in [0.05, 0.1) is 23.1 Å². The molecule has 1 aromatic heterocycles. The topological polar surface area (TPSA) is 63.0 Å². The van der Waals surface area contributed by atoms with E-state index in [0.717, 1.165) is 56.2 Å². The quantitative estimate of drug-likeness (QED) is 0.166. The third kappa shape index (κ3) is 8.20. The van der Waals surface area contributed by atoms with Gasteiger partial charge >= 0.3 is 5.97 Å². The van der Waals surface area contributed by atoms with Crippen LogP contribution in [-0.2, 0) is 11.2 Å². The summed E-state index contributed by atoms with van der Waals surface area (Å²) in [4.78, 5) is 17.4. The van der Waals surface area contributed by atoms with E-state index in [1.807, 2.05) is 30.5 Å². The number of ether oxygens (including phenoxy) is 1. The van der Waals surface area contributed by atoms with Crippen molar-refractivity contribution in [1.29, 1.82) is 5.26 Å². The lowest BCUT2D eigenvalue weighted by Gasteiger charge is -2.34. The maximum atomic E-state index is 12.8. The Bertz CT molecular complexity index is 935. The number of nitrogens with zero attached hydrogens (tertiary/aromatic N) is 2. The fourth-order valence-corrected chi connectivity index (χ4v) is 5.08. The van der Waals surface area contributed by atoms with Crippen LogP contribution in [0.2, 0.25) is 0 Å². The first kappa shape index (κ1) is 26.9. The molecule has 0 N–H and O–H groups in total. The molecule has 35 heavy (non-hydrogen) atoms. The zero-order chi connectivity index (χ0) is 24.9. The predicted octanol–water partition coefficient (Wildman–Crippen LogP) is 8.45. The summed E-state index contributed by atoms with van der Waals surface area (Å²) in [6, 6.07) is 14.4. The molecule has 1 saturated carbocycles. The third-order valence-corrected chi connectivity index (χ3v) is 7.53. The van der Waals surface area contributed by atoms with Crippen LogP contribution >= 0.6 is 0 Å². The van der Waals surface area contributed by atoms with E-state index in [1.165, 1.54) is 50.5 Å². The fourth-order valence-electron chi connectivity index (χ4n) is 5.08. The van der Waals surface area contributed by atoms with Gasteiger partial charge in [0.15, 0.2) is 0 Å². The van der Waals surface area contributed by atoms with Crippen LogP contribution in [0, 0.1) is 22.7 Å². The number of rotatable bonds is 13. The molecule has 0 amide bonds. The average molecular weight is 475 g/mol. The van der Waals surface area contributed by atoms with E-state index >= 15 is 0 Å². The van der Waals surface area contributed by atoms with Gasteiger partial charge in [-0.2, -0.15) is 5.26 Å². The Balaban J connectivity index is 1.46. The fraction of sp³-hybridized carbons (Fsp3) is 0.581. The minimum absolute atomic E-state index is 0.113. The van der Waals surface area contributed by atoms with Gasteiger partial charge in [0.25, 0.3) is 0 Å². The van der Waals surface area contributed by atoms with Crippen molar-refractivity contribution >= 4 is 5.97 Å². The molecule has 1 aliphatic rings. The van der Waals surface area contributed by atoms with Gasteiger partial charge in [0.2, 0.25) is 0 Å². The van der Waals surface area contributed by atoms with E-state index in [9.17, 15) is 10.1 Å². The molecule has 0 bridgehead atoms. The van der Waals surface area contributed by atoms with Crippen molar-refractivity contribution in [1.82, 2.24) is 4.98 Å². The first-order valence-electron chi connectivity index (χ1n) is 13.8. The van der Waals surface area contributed by atoms with Crippen molar-refractivity contribution in [3.8, 4) is 23.1 Å². The van der Waals surface area contributed by atoms with Gasteiger partial charge < -0.3 is 4.74 Å². The zero-order valence-electron chi connectivity index (χ0n) is 21.7. The second kappa shape index (κ2) is 14.0. The van der Waals surface area contributed by atoms with E-state index in [4.69, 9.17) is 4.74 Å². The van der Waals surface area contributed by atoms with Crippen LogP contribution in [0.5, 0.6) is 5.75 Å². The molecular formula is C31H42N2O2. The average Bonchev–Trinajstić information content (AvgIpc) is 2.90. The molecule has 188 valence electrons. The van der Waals surface area contributed by atoms with Crippen LogP contribution < -0.4 is 4.74 Å². The Labute approximate surface area is 212 Å². The minimum atomic E-state index is -0.248. The standard InChI is InChI=1S/C31H42N2O2/c1-3-5-7-8-9-10-20-31(24-32)21-18-27(19-22-31)30(34)35-28-15-13-26(14-16-28)29-17-12-25(23-33-29)11-6-4-2/h12-17,23,27H,3-11,18-22H2,1-2H3/t27-,31-. The number of hydrogen-bond donors (Lipinski definition) is 0. The number of pyridine rings is 1. The molecule has 3 rings (SSSR count). The second-order valence-corrected chi connectivity index (χ2v) is 10.3. The van der Waals surface area contributed by atoms with Crippen LogP contribution in [0.25, 0.3) is 11.3 Å². The number of aryl methyl sites for hydroxylation is 1. The molecule has 0 radical (unpaired) electrons. The van der Waals surface area contributed by atoms with Crippen molar-refractivity contribution in [2.45, 2.75) is 104 Å². The number of carbonyl (C=O) groups excluding carboxylic acids is 1. The van der Waals surface area contributed by atoms with Gasteiger partial charge in [-0.15, -0.1) is 0 Å². The summed E-state index contributed by atoms with van der Waals surface area (Å²) in [5.41, 5.74) is 2.95. The highest BCUT2D eigenvalue weighted by Gasteiger charge is 2.37. The van der Waals surface area contributed by atoms with Crippen molar-refractivity contribution in [3.05, 3.63) is 48.2 Å². The number of unbranched alkanes of at least 4 members (excludes halogenated alkanes) is 6. The van der Waals surface area contributed by atoms with Crippen molar-refractivity contribution in [2.24, 2.45) is 11.3 Å². The molecule has 0 spiro atoms. The molecule has 0 unspecified atom stereocenters. The maximum Gasteiger partial charge on any atom is 0.314 e. The summed E-state index contributed by atoms with van der Waals surface area (Å²) in [6.07, 6.45) is 16.9. The summed E-state index contributed by atoms with van der Waals surface area (Å²) < 4.78 is 5.70. The minimum Gasteiger partial charge on any atom is -0.426 e. The number of hydrogen-bond acceptors (Lipinski definition) is 4. The van der Waals surface area contributed by atoms with Crippen LogP contribution in [0.15, 0.2) is 42.6 Å². The Morgan fingerprint density at radius 3 is 2.29 bits per heavy atom. The summed E-state index contributed by atoms with van der Waals surface area (Å²) in [7, 11) is 0. The van der Waals surface area contributed by atoms with Crippen molar-refractivity contribution in [3.63, 3.8) is 0 Å². The van der Waals surface area contributed by atoms with Gasteiger partial charge in [-0.3, -0.25) is 9.78 Å². The number of aromatic nitrogens is 1.